The van der Waals surface area contributed by atoms with E-state index in [1.165, 1.54) is 7.05 Å². The number of carbonyl (C=O) groups is 1. The monoisotopic (exact) mass is 343 g/mol. The first-order chi connectivity index (χ1) is 10.8. The smallest absolute Gasteiger partial charge is 0.235 e. The Hall–Kier alpha value is -1.74. The van der Waals surface area contributed by atoms with Gasteiger partial charge in [-0.3, -0.25) is 4.79 Å². The Morgan fingerprint density at radius 3 is 2.61 bits per heavy atom. The van der Waals surface area contributed by atoms with E-state index in [1.54, 1.807) is 12.3 Å². The van der Waals surface area contributed by atoms with Gasteiger partial charge in [-0.15, -0.1) is 0 Å². The van der Waals surface area contributed by atoms with Crippen LogP contribution in [0, 0.1) is 0 Å². The molecule has 0 saturated carbocycles. The van der Waals surface area contributed by atoms with Crippen molar-refractivity contribution in [3.8, 4) is 0 Å². The number of carbonyl (C=O) groups excluding carboxylic acids is 1. The molecule has 0 aliphatic rings. The molecule has 1 aromatic heterocycles. The molecule has 1 aromatic rings. The molecule has 8 nitrogen and oxygen atoms in total. The molecule has 0 aliphatic heterocycles. The highest BCUT2D eigenvalue weighted by Gasteiger charge is 2.19. The summed E-state index contributed by atoms with van der Waals surface area (Å²) >= 11 is 0. The van der Waals surface area contributed by atoms with E-state index < -0.39 is 10.0 Å². The zero-order valence-corrected chi connectivity index (χ0v) is 14.9. The average molecular weight is 343 g/mol. The summed E-state index contributed by atoms with van der Waals surface area (Å²) in [5, 5.41) is 2.64. The second-order valence-corrected chi connectivity index (χ2v) is 7.62. The third-order valence-electron chi connectivity index (χ3n) is 3.19. The number of aromatic nitrogens is 2. The lowest BCUT2D eigenvalue weighted by Crippen LogP contribution is -2.39. The van der Waals surface area contributed by atoms with Crippen LogP contribution in [0.2, 0.25) is 0 Å². The molecule has 0 aromatic carbocycles. The van der Waals surface area contributed by atoms with Crippen molar-refractivity contribution in [1.82, 2.24) is 19.6 Å². The number of rotatable bonds is 9. The van der Waals surface area contributed by atoms with Crippen molar-refractivity contribution in [3.63, 3.8) is 0 Å². The Labute approximate surface area is 138 Å². The van der Waals surface area contributed by atoms with Gasteiger partial charge in [-0.1, -0.05) is 13.3 Å². The van der Waals surface area contributed by atoms with Gasteiger partial charge < -0.3 is 10.2 Å². The van der Waals surface area contributed by atoms with Crippen molar-refractivity contribution in [2.45, 2.75) is 26.3 Å². The van der Waals surface area contributed by atoms with Crippen LogP contribution in [0.1, 0.15) is 25.6 Å². The van der Waals surface area contributed by atoms with Crippen LogP contribution in [0.25, 0.3) is 0 Å². The summed E-state index contributed by atoms with van der Waals surface area (Å²) in [4.78, 5) is 22.1. The first-order valence-corrected chi connectivity index (χ1v) is 9.07. The van der Waals surface area contributed by atoms with Crippen molar-refractivity contribution in [2.24, 2.45) is 0 Å². The van der Waals surface area contributed by atoms with E-state index in [0.29, 0.717) is 12.2 Å². The average Bonchev–Trinajstić information content (AvgIpc) is 2.51. The van der Waals surface area contributed by atoms with E-state index in [4.69, 9.17) is 0 Å². The van der Waals surface area contributed by atoms with Crippen LogP contribution in [0.4, 0.5) is 5.82 Å². The summed E-state index contributed by atoms with van der Waals surface area (Å²) in [7, 11) is 1.75. The molecule has 0 aliphatic carbocycles. The molecule has 130 valence electrons. The molecule has 0 bridgehead atoms. The lowest BCUT2D eigenvalue weighted by Gasteiger charge is -2.16. The van der Waals surface area contributed by atoms with Crippen molar-refractivity contribution >= 4 is 21.7 Å². The van der Waals surface area contributed by atoms with Crippen LogP contribution in [-0.4, -0.2) is 62.0 Å². The number of nitrogens with one attached hydrogen (secondary N) is 1. The Balaban J connectivity index is 2.52. The highest BCUT2D eigenvalue weighted by molar-refractivity contribution is 7.89. The third-order valence-corrected chi connectivity index (χ3v) is 5.07. The van der Waals surface area contributed by atoms with E-state index in [1.807, 2.05) is 25.9 Å². The minimum Gasteiger partial charge on any atom is -0.363 e. The van der Waals surface area contributed by atoms with E-state index in [0.717, 1.165) is 16.5 Å². The van der Waals surface area contributed by atoms with Gasteiger partial charge in [-0.25, -0.2) is 18.4 Å². The first kappa shape index (κ1) is 19.3. The highest BCUT2D eigenvalue weighted by atomic mass is 32.2. The van der Waals surface area contributed by atoms with E-state index in [2.05, 4.69) is 15.3 Å². The SMILES string of the molecule is CCCCS(=O)(=O)N(C)CC(=O)NCc1nccc(N(C)C)n1. The molecule has 0 unspecified atom stereocenters. The molecule has 23 heavy (non-hydrogen) atoms. The fraction of sp³-hybridized carbons (Fsp3) is 0.643. The first-order valence-electron chi connectivity index (χ1n) is 7.46. The summed E-state index contributed by atoms with van der Waals surface area (Å²) in [5.74, 6) is 0.886. The molecule has 0 fully saturated rings. The number of likely N-dealkylation sites (N-methyl/N-ethyl adjacent to an activating group) is 1. The largest absolute Gasteiger partial charge is 0.363 e. The number of hydrogen-bond donors (Lipinski definition) is 1. The molecule has 0 radical (unpaired) electrons. The molecular weight excluding hydrogens is 318 g/mol. The minimum absolute atomic E-state index is 0.0568. The van der Waals surface area contributed by atoms with Crippen LogP contribution in [-0.2, 0) is 21.4 Å². The summed E-state index contributed by atoms with van der Waals surface area (Å²) < 4.78 is 24.9. The number of amides is 1. The maximum atomic E-state index is 11.9. The fourth-order valence-corrected chi connectivity index (χ4v) is 3.02. The quantitative estimate of drug-likeness (QED) is 0.689. The van der Waals surface area contributed by atoms with E-state index >= 15 is 0 Å². The molecule has 0 spiro atoms. The maximum Gasteiger partial charge on any atom is 0.235 e. The van der Waals surface area contributed by atoms with Crippen LogP contribution in [0.3, 0.4) is 0 Å². The van der Waals surface area contributed by atoms with Gasteiger partial charge in [-0.2, -0.15) is 4.31 Å². The second-order valence-electron chi connectivity index (χ2n) is 5.43. The van der Waals surface area contributed by atoms with Gasteiger partial charge in [0, 0.05) is 27.3 Å². The summed E-state index contributed by atoms with van der Waals surface area (Å²) in [6.45, 7) is 1.87. The zero-order chi connectivity index (χ0) is 17.5. The molecule has 1 rings (SSSR count). The number of sulfonamides is 1. The molecule has 1 N–H and O–H groups in total. The molecule has 0 saturated heterocycles. The zero-order valence-electron chi connectivity index (χ0n) is 14.1. The summed E-state index contributed by atoms with van der Waals surface area (Å²) in [5.41, 5.74) is 0. The van der Waals surface area contributed by atoms with Crippen molar-refractivity contribution in [2.75, 3.05) is 38.3 Å². The van der Waals surface area contributed by atoms with Crippen LogP contribution < -0.4 is 10.2 Å². The predicted octanol–water partition coefficient (Wildman–Crippen LogP) is 0.221. The highest BCUT2D eigenvalue weighted by Crippen LogP contribution is 2.05. The minimum atomic E-state index is -3.38. The lowest BCUT2D eigenvalue weighted by atomic mass is 10.4. The lowest BCUT2D eigenvalue weighted by molar-refractivity contribution is -0.121. The maximum absolute atomic E-state index is 11.9. The molecular formula is C14H25N5O3S. The summed E-state index contributed by atoms with van der Waals surface area (Å²) in [6.07, 6.45) is 2.99. The van der Waals surface area contributed by atoms with Crippen molar-refractivity contribution in [1.29, 1.82) is 0 Å². The topological polar surface area (TPSA) is 95.5 Å². The van der Waals surface area contributed by atoms with Gasteiger partial charge >= 0.3 is 0 Å². The Morgan fingerprint density at radius 1 is 1.30 bits per heavy atom. The Bertz CT molecular complexity index is 619. The van der Waals surface area contributed by atoms with Gasteiger partial charge in [0.15, 0.2) is 0 Å². The Morgan fingerprint density at radius 2 is 2.00 bits per heavy atom. The normalized spacial score (nSPS) is 11.5. The molecule has 1 heterocycles. The van der Waals surface area contributed by atoms with Crippen molar-refractivity contribution < 1.29 is 13.2 Å². The number of nitrogens with zero attached hydrogens (tertiary/aromatic N) is 4. The Kier molecular flexibility index (Phi) is 7.37. The molecule has 1 amide bonds. The van der Waals surface area contributed by atoms with Gasteiger partial charge in [0.25, 0.3) is 0 Å². The molecule has 0 atom stereocenters. The van der Waals surface area contributed by atoms with Gasteiger partial charge in [-0.05, 0) is 12.5 Å². The van der Waals surface area contributed by atoms with Gasteiger partial charge in [0.05, 0.1) is 18.8 Å². The standard InChI is InChI=1S/C14H25N5O3S/c1-5-6-9-23(21,22)19(4)11-14(20)16-10-12-15-8-7-13(17-12)18(2)3/h7-8H,5-6,9-11H2,1-4H3,(H,16,20). The third kappa shape index (κ3) is 6.49. The van der Waals surface area contributed by atoms with Crippen LogP contribution in [0.5, 0.6) is 0 Å². The number of anilines is 1. The fourth-order valence-electron chi connectivity index (χ4n) is 1.74. The van der Waals surface area contributed by atoms with E-state index in [-0.39, 0.29) is 24.7 Å². The van der Waals surface area contributed by atoms with Gasteiger partial charge in [0.1, 0.15) is 11.6 Å². The van der Waals surface area contributed by atoms with E-state index in [9.17, 15) is 13.2 Å². The predicted molar refractivity (Wildman–Crippen MR) is 89.5 cm³/mol. The number of unbranched alkanes of at least 4 members (excludes halogenated alkanes) is 1. The number of hydrogen-bond acceptors (Lipinski definition) is 6. The van der Waals surface area contributed by atoms with Crippen molar-refractivity contribution in [3.05, 3.63) is 18.1 Å². The molecule has 9 heteroatoms. The van der Waals surface area contributed by atoms with Crippen LogP contribution in [0.15, 0.2) is 12.3 Å². The van der Waals surface area contributed by atoms with Crippen LogP contribution >= 0.6 is 0 Å². The second kappa shape index (κ2) is 8.78. The summed E-state index contributed by atoms with van der Waals surface area (Å²) in [6, 6.07) is 1.76. The van der Waals surface area contributed by atoms with Gasteiger partial charge in [0.2, 0.25) is 15.9 Å².